The van der Waals surface area contributed by atoms with Gasteiger partial charge in [-0.2, -0.15) is 0 Å². The predicted octanol–water partition coefficient (Wildman–Crippen LogP) is 4.04. The fourth-order valence-electron chi connectivity index (χ4n) is 1.80. The van der Waals surface area contributed by atoms with Gasteiger partial charge >= 0.3 is 0 Å². The Kier molecular flexibility index (Phi) is 4.21. The summed E-state index contributed by atoms with van der Waals surface area (Å²) in [4.78, 5) is 12.0. The third-order valence-corrected chi connectivity index (χ3v) is 3.97. The molecule has 2 rings (SSSR count). The van der Waals surface area contributed by atoms with Gasteiger partial charge in [-0.05, 0) is 59.8 Å². The Morgan fingerprint density at radius 2 is 2.06 bits per heavy atom. The van der Waals surface area contributed by atoms with E-state index in [0.29, 0.717) is 25.8 Å². The van der Waals surface area contributed by atoms with Gasteiger partial charge < -0.3 is 4.57 Å². The van der Waals surface area contributed by atoms with Crippen LogP contribution < -0.4 is 5.56 Å². The number of hydrogen-bond acceptors (Lipinski definition) is 1. The molecule has 5 heteroatoms. The fraction of sp³-hybridized carbons (Fsp3) is 0.154. The van der Waals surface area contributed by atoms with Crippen LogP contribution in [0.25, 0.3) is 11.3 Å². The fourth-order valence-corrected chi connectivity index (χ4v) is 2.60. The summed E-state index contributed by atoms with van der Waals surface area (Å²) >= 11 is 5.21. The lowest BCUT2D eigenvalue weighted by Gasteiger charge is -2.12. The number of halogens is 3. The highest BCUT2D eigenvalue weighted by Gasteiger charge is 2.11. The average Bonchev–Trinajstić information content (AvgIpc) is 2.33. The van der Waals surface area contributed by atoms with Gasteiger partial charge in [0.15, 0.2) is 0 Å². The SMILES string of the molecule is CCn1c(-c2ccc(Br)cc2F)ccc(I)c1=O. The van der Waals surface area contributed by atoms with Crippen molar-refractivity contribution in [3.05, 3.63) is 54.5 Å². The molecule has 2 nitrogen and oxygen atoms in total. The molecule has 0 bridgehead atoms. The zero-order valence-corrected chi connectivity index (χ0v) is 13.3. The Morgan fingerprint density at radius 3 is 2.67 bits per heavy atom. The first-order valence-electron chi connectivity index (χ1n) is 5.39. The van der Waals surface area contributed by atoms with E-state index in [4.69, 9.17) is 0 Å². The summed E-state index contributed by atoms with van der Waals surface area (Å²) in [5, 5.41) is 0. The zero-order chi connectivity index (χ0) is 13.3. The Bertz CT molecular complexity index is 654. The highest BCUT2D eigenvalue weighted by atomic mass is 127. The molecule has 1 heterocycles. The lowest BCUT2D eigenvalue weighted by molar-refractivity contribution is 0.625. The third kappa shape index (κ3) is 2.51. The van der Waals surface area contributed by atoms with Crippen molar-refractivity contribution in [2.45, 2.75) is 13.5 Å². The van der Waals surface area contributed by atoms with Crippen molar-refractivity contribution >= 4 is 38.5 Å². The molecule has 0 unspecified atom stereocenters. The summed E-state index contributed by atoms with van der Waals surface area (Å²) in [6, 6.07) is 8.33. The van der Waals surface area contributed by atoms with E-state index in [-0.39, 0.29) is 11.4 Å². The number of rotatable bonds is 2. The first-order valence-corrected chi connectivity index (χ1v) is 7.26. The van der Waals surface area contributed by atoms with Gasteiger partial charge in [0.2, 0.25) is 0 Å². The molecule has 94 valence electrons. The third-order valence-electron chi connectivity index (χ3n) is 2.65. The second-order valence-electron chi connectivity index (χ2n) is 3.74. The van der Waals surface area contributed by atoms with Gasteiger partial charge in [0.05, 0.1) is 9.26 Å². The van der Waals surface area contributed by atoms with Crippen molar-refractivity contribution in [2.24, 2.45) is 0 Å². The van der Waals surface area contributed by atoms with Gasteiger partial charge in [-0.15, -0.1) is 0 Å². The molecule has 0 aliphatic rings. The minimum Gasteiger partial charge on any atom is -0.308 e. The molecular weight excluding hydrogens is 412 g/mol. The van der Waals surface area contributed by atoms with Crippen LogP contribution in [-0.4, -0.2) is 4.57 Å². The van der Waals surface area contributed by atoms with Gasteiger partial charge in [0, 0.05) is 16.6 Å². The molecule has 0 saturated carbocycles. The van der Waals surface area contributed by atoms with Gasteiger partial charge in [0.1, 0.15) is 5.82 Å². The Morgan fingerprint density at radius 1 is 1.33 bits per heavy atom. The van der Waals surface area contributed by atoms with E-state index < -0.39 is 0 Å². The van der Waals surface area contributed by atoms with Crippen LogP contribution in [0.5, 0.6) is 0 Å². The molecule has 0 radical (unpaired) electrons. The average molecular weight is 422 g/mol. The van der Waals surface area contributed by atoms with Gasteiger partial charge in [-0.25, -0.2) is 4.39 Å². The van der Waals surface area contributed by atoms with Gasteiger partial charge in [0.25, 0.3) is 5.56 Å². The standard InChI is InChI=1S/C13H10BrFINO/c1-2-17-12(6-5-11(16)13(17)18)9-4-3-8(14)7-10(9)15/h3-7H,2H2,1H3. The monoisotopic (exact) mass is 421 g/mol. The lowest BCUT2D eigenvalue weighted by atomic mass is 10.1. The van der Waals surface area contributed by atoms with Crippen molar-refractivity contribution in [3.63, 3.8) is 0 Å². The van der Waals surface area contributed by atoms with Gasteiger partial charge in [-0.1, -0.05) is 15.9 Å². The molecule has 0 fully saturated rings. The highest BCUT2D eigenvalue weighted by molar-refractivity contribution is 14.1. The van der Waals surface area contributed by atoms with Crippen LogP contribution in [0.4, 0.5) is 4.39 Å². The quantitative estimate of drug-likeness (QED) is 0.670. The predicted molar refractivity (Wildman–Crippen MR) is 82.2 cm³/mol. The normalized spacial score (nSPS) is 10.7. The van der Waals surface area contributed by atoms with Crippen molar-refractivity contribution in [3.8, 4) is 11.3 Å². The molecule has 0 aliphatic carbocycles. The second-order valence-corrected chi connectivity index (χ2v) is 5.82. The van der Waals surface area contributed by atoms with Crippen molar-refractivity contribution in [2.75, 3.05) is 0 Å². The van der Waals surface area contributed by atoms with E-state index in [1.54, 1.807) is 28.8 Å². The molecule has 0 amide bonds. The molecule has 0 N–H and O–H groups in total. The largest absolute Gasteiger partial charge is 0.308 e. The molecular formula is C13H10BrFINO. The van der Waals surface area contributed by atoms with Crippen molar-refractivity contribution in [1.82, 2.24) is 4.57 Å². The van der Waals surface area contributed by atoms with E-state index in [0.717, 1.165) is 0 Å². The van der Waals surface area contributed by atoms with E-state index in [1.165, 1.54) is 6.07 Å². The second kappa shape index (κ2) is 5.52. The molecule has 1 aromatic heterocycles. The molecule has 18 heavy (non-hydrogen) atoms. The number of aromatic nitrogens is 1. The first kappa shape index (κ1) is 13.7. The summed E-state index contributed by atoms with van der Waals surface area (Å²) in [6.45, 7) is 2.39. The van der Waals surface area contributed by atoms with Crippen LogP contribution in [0.1, 0.15) is 6.92 Å². The molecule has 2 aromatic rings. The summed E-state index contributed by atoms with van der Waals surface area (Å²) in [6.07, 6.45) is 0. The summed E-state index contributed by atoms with van der Waals surface area (Å²) < 4.78 is 16.8. The van der Waals surface area contributed by atoms with E-state index in [1.807, 2.05) is 29.5 Å². The first-order chi connectivity index (χ1) is 8.54. The van der Waals surface area contributed by atoms with Crippen LogP contribution in [0, 0.1) is 9.39 Å². The van der Waals surface area contributed by atoms with Crippen LogP contribution in [0.15, 0.2) is 39.6 Å². The Balaban J connectivity index is 2.71. The maximum atomic E-state index is 13.9. The van der Waals surface area contributed by atoms with Crippen LogP contribution in [-0.2, 0) is 6.54 Å². The Labute approximate surface area is 126 Å². The van der Waals surface area contributed by atoms with Crippen LogP contribution >= 0.6 is 38.5 Å². The van der Waals surface area contributed by atoms with Crippen LogP contribution in [0.3, 0.4) is 0 Å². The number of nitrogens with zero attached hydrogens (tertiary/aromatic N) is 1. The molecule has 0 spiro atoms. The lowest BCUT2D eigenvalue weighted by Crippen LogP contribution is -2.23. The Hall–Kier alpha value is -0.690. The van der Waals surface area contributed by atoms with Crippen molar-refractivity contribution in [1.29, 1.82) is 0 Å². The maximum Gasteiger partial charge on any atom is 0.264 e. The van der Waals surface area contributed by atoms with Gasteiger partial charge in [-0.3, -0.25) is 4.79 Å². The van der Waals surface area contributed by atoms with Crippen LogP contribution in [0.2, 0.25) is 0 Å². The minimum atomic E-state index is -0.341. The molecule has 0 atom stereocenters. The van der Waals surface area contributed by atoms with Crippen molar-refractivity contribution < 1.29 is 4.39 Å². The molecule has 0 saturated heterocycles. The topological polar surface area (TPSA) is 22.0 Å². The summed E-state index contributed by atoms with van der Waals surface area (Å²) in [5.41, 5.74) is 0.958. The van der Waals surface area contributed by atoms with E-state index in [9.17, 15) is 9.18 Å². The number of benzene rings is 1. The zero-order valence-electron chi connectivity index (χ0n) is 9.58. The van der Waals surface area contributed by atoms with E-state index in [2.05, 4.69) is 15.9 Å². The highest BCUT2D eigenvalue weighted by Crippen LogP contribution is 2.25. The van der Waals surface area contributed by atoms with E-state index >= 15 is 0 Å². The number of hydrogen-bond donors (Lipinski definition) is 0. The smallest absolute Gasteiger partial charge is 0.264 e. The number of pyridine rings is 1. The maximum absolute atomic E-state index is 13.9. The molecule has 1 aromatic carbocycles. The minimum absolute atomic E-state index is 0.0853. The molecule has 0 aliphatic heterocycles. The summed E-state index contributed by atoms with van der Waals surface area (Å²) in [5.74, 6) is -0.341. The summed E-state index contributed by atoms with van der Waals surface area (Å²) in [7, 11) is 0.